The Hall–Kier alpha value is -4.27. The zero-order valence-electron chi connectivity index (χ0n) is 18.0. The monoisotopic (exact) mass is 466 g/mol. The van der Waals surface area contributed by atoms with Gasteiger partial charge in [-0.15, -0.1) is 0 Å². The molecular weight excluding hydrogens is 448 g/mol. The van der Waals surface area contributed by atoms with Gasteiger partial charge in [0.05, 0.1) is 12.3 Å². The van der Waals surface area contributed by atoms with Gasteiger partial charge in [-0.25, -0.2) is 0 Å². The summed E-state index contributed by atoms with van der Waals surface area (Å²) in [7, 11) is 0. The van der Waals surface area contributed by atoms with Gasteiger partial charge >= 0.3 is 5.97 Å². The predicted octanol–water partition coefficient (Wildman–Crippen LogP) is 5.86. The summed E-state index contributed by atoms with van der Waals surface area (Å²) < 4.78 is 11.3. The first kappa shape index (κ1) is 21.6. The van der Waals surface area contributed by atoms with E-state index in [0.29, 0.717) is 22.1 Å². The van der Waals surface area contributed by atoms with E-state index in [1.54, 1.807) is 24.3 Å². The quantitative estimate of drug-likeness (QED) is 0.301. The van der Waals surface area contributed by atoms with Crippen LogP contribution in [0.15, 0.2) is 96.4 Å². The van der Waals surface area contributed by atoms with Crippen molar-refractivity contribution in [1.29, 1.82) is 5.26 Å². The summed E-state index contributed by atoms with van der Waals surface area (Å²) in [6, 6.07) is 28.3. The Morgan fingerprint density at radius 2 is 1.76 bits per heavy atom. The number of ether oxygens (including phenoxy) is 2. The highest BCUT2D eigenvalue weighted by Gasteiger charge is 2.32. The highest BCUT2D eigenvalue weighted by molar-refractivity contribution is 6.31. The molecule has 4 aromatic rings. The van der Waals surface area contributed by atoms with Crippen LogP contribution in [0.1, 0.15) is 22.6 Å². The summed E-state index contributed by atoms with van der Waals surface area (Å²) >= 11 is 6.43. The third-order valence-electron chi connectivity index (χ3n) is 5.85. The number of carbonyl (C=O) groups excluding carboxylic acids is 1. The predicted molar refractivity (Wildman–Crippen MR) is 130 cm³/mol. The van der Waals surface area contributed by atoms with Crippen LogP contribution in [0.25, 0.3) is 10.8 Å². The van der Waals surface area contributed by atoms with E-state index in [0.717, 1.165) is 21.9 Å². The van der Waals surface area contributed by atoms with Gasteiger partial charge in [-0.05, 0) is 34.0 Å². The van der Waals surface area contributed by atoms with Crippen LogP contribution in [0, 0.1) is 11.3 Å². The van der Waals surface area contributed by atoms with E-state index in [2.05, 4.69) is 6.07 Å². The lowest BCUT2D eigenvalue weighted by molar-refractivity contribution is -0.133. The van der Waals surface area contributed by atoms with Gasteiger partial charge in [-0.3, -0.25) is 4.79 Å². The highest BCUT2D eigenvalue weighted by atomic mass is 35.5. The van der Waals surface area contributed by atoms with Crippen LogP contribution < -0.4 is 15.2 Å². The number of fused-ring (bicyclic) bond motifs is 2. The van der Waals surface area contributed by atoms with Gasteiger partial charge in [0.15, 0.2) is 0 Å². The van der Waals surface area contributed by atoms with E-state index < -0.39 is 11.9 Å². The number of allylic oxidation sites excluding steroid dienone is 1. The Morgan fingerprint density at radius 1 is 1.00 bits per heavy atom. The van der Waals surface area contributed by atoms with E-state index in [4.69, 9.17) is 26.8 Å². The number of hydrogen-bond donors (Lipinski definition) is 1. The number of benzene rings is 4. The SMILES string of the molecule is N#CC1=C(N)Oc2cc(OC(=O)Cc3cccc4ccccc34)ccc2C1c1ccccc1Cl. The number of rotatable bonds is 4. The molecule has 5 rings (SSSR count). The molecule has 2 N–H and O–H groups in total. The van der Waals surface area contributed by atoms with Crippen molar-refractivity contribution in [1.82, 2.24) is 0 Å². The summed E-state index contributed by atoms with van der Waals surface area (Å²) in [6.45, 7) is 0. The molecule has 0 fully saturated rings. The van der Waals surface area contributed by atoms with Crippen molar-refractivity contribution in [2.24, 2.45) is 5.73 Å². The van der Waals surface area contributed by atoms with Crippen LogP contribution in [-0.4, -0.2) is 5.97 Å². The first-order chi connectivity index (χ1) is 16.5. The molecule has 0 saturated heterocycles. The molecule has 0 aromatic heterocycles. The third kappa shape index (κ3) is 3.96. The number of hydrogen-bond acceptors (Lipinski definition) is 5. The summed E-state index contributed by atoms with van der Waals surface area (Å²) in [5.74, 6) is -0.134. The molecule has 166 valence electrons. The molecule has 1 aliphatic rings. The number of nitrogens with zero attached hydrogens (tertiary/aromatic N) is 1. The number of nitriles is 1. The van der Waals surface area contributed by atoms with Gasteiger partial charge in [0.1, 0.15) is 23.1 Å². The zero-order valence-corrected chi connectivity index (χ0v) is 18.8. The van der Waals surface area contributed by atoms with Crippen molar-refractivity contribution in [3.8, 4) is 17.6 Å². The molecule has 1 unspecified atom stereocenters. The third-order valence-corrected chi connectivity index (χ3v) is 6.20. The lowest BCUT2D eigenvalue weighted by atomic mass is 9.83. The minimum absolute atomic E-state index is 0.000786. The van der Waals surface area contributed by atoms with Gasteiger partial charge < -0.3 is 15.2 Å². The normalized spacial score (nSPS) is 14.8. The van der Waals surface area contributed by atoms with Crippen molar-refractivity contribution >= 4 is 28.3 Å². The van der Waals surface area contributed by atoms with Gasteiger partial charge in [-0.1, -0.05) is 78.3 Å². The van der Waals surface area contributed by atoms with Crippen LogP contribution in [0.2, 0.25) is 5.02 Å². The van der Waals surface area contributed by atoms with Gasteiger partial charge in [0.25, 0.3) is 0 Å². The van der Waals surface area contributed by atoms with Crippen LogP contribution in [0.4, 0.5) is 0 Å². The van der Waals surface area contributed by atoms with Gasteiger partial charge in [0, 0.05) is 16.7 Å². The number of halogens is 1. The molecule has 0 amide bonds. The first-order valence-electron chi connectivity index (χ1n) is 10.7. The number of carbonyl (C=O) groups is 1. The fraction of sp³-hybridized carbons (Fsp3) is 0.0714. The maximum absolute atomic E-state index is 12.7. The van der Waals surface area contributed by atoms with Crippen molar-refractivity contribution in [3.63, 3.8) is 0 Å². The highest BCUT2D eigenvalue weighted by Crippen LogP contribution is 2.45. The standard InChI is InChI=1S/C28H19ClN2O3/c29-24-11-4-3-10-21(24)27-22-13-12-19(15-25(22)34-28(31)23(27)16-30)33-26(32)14-18-8-5-7-17-6-1-2-9-20(17)18/h1-13,15,27H,14,31H2. The van der Waals surface area contributed by atoms with Crippen LogP contribution in [0.3, 0.4) is 0 Å². The molecule has 5 nitrogen and oxygen atoms in total. The molecule has 1 atom stereocenters. The Labute approximate surface area is 201 Å². The van der Waals surface area contributed by atoms with E-state index in [9.17, 15) is 10.1 Å². The van der Waals surface area contributed by atoms with E-state index >= 15 is 0 Å². The van der Waals surface area contributed by atoms with Crippen molar-refractivity contribution in [3.05, 3.63) is 118 Å². The maximum atomic E-state index is 12.7. The second-order valence-corrected chi connectivity index (χ2v) is 8.34. The van der Waals surface area contributed by atoms with Crippen molar-refractivity contribution < 1.29 is 14.3 Å². The summed E-state index contributed by atoms with van der Waals surface area (Å²) in [4.78, 5) is 12.7. The maximum Gasteiger partial charge on any atom is 0.315 e. The Kier molecular flexibility index (Phi) is 5.67. The fourth-order valence-corrected chi connectivity index (χ4v) is 4.54. The Balaban J connectivity index is 1.44. The summed E-state index contributed by atoms with van der Waals surface area (Å²) in [5, 5.41) is 12.3. The molecule has 0 saturated carbocycles. The second kappa shape index (κ2) is 8.93. The average molecular weight is 467 g/mol. The van der Waals surface area contributed by atoms with Gasteiger partial charge in [0.2, 0.25) is 5.88 Å². The molecule has 1 heterocycles. The number of nitrogens with two attached hydrogens (primary N) is 1. The van der Waals surface area contributed by atoms with E-state index in [1.165, 1.54) is 0 Å². The molecular formula is C28H19ClN2O3. The molecule has 0 spiro atoms. The minimum atomic E-state index is -0.483. The van der Waals surface area contributed by atoms with Crippen molar-refractivity contribution in [2.75, 3.05) is 0 Å². The average Bonchev–Trinajstić information content (AvgIpc) is 2.84. The lowest BCUT2D eigenvalue weighted by Gasteiger charge is -2.27. The smallest absolute Gasteiger partial charge is 0.315 e. The molecule has 6 heteroatoms. The molecule has 1 aliphatic heterocycles. The molecule has 4 aromatic carbocycles. The van der Waals surface area contributed by atoms with Crippen LogP contribution >= 0.6 is 11.6 Å². The topological polar surface area (TPSA) is 85.3 Å². The molecule has 0 bridgehead atoms. The summed E-state index contributed by atoms with van der Waals surface area (Å²) in [5.41, 5.74) is 8.70. The zero-order chi connectivity index (χ0) is 23.7. The van der Waals surface area contributed by atoms with Gasteiger partial charge in [-0.2, -0.15) is 5.26 Å². The minimum Gasteiger partial charge on any atom is -0.440 e. The van der Waals surface area contributed by atoms with E-state index in [1.807, 2.05) is 60.7 Å². The Morgan fingerprint density at radius 3 is 2.59 bits per heavy atom. The fourth-order valence-electron chi connectivity index (χ4n) is 4.30. The van der Waals surface area contributed by atoms with Crippen LogP contribution in [0.5, 0.6) is 11.5 Å². The second-order valence-electron chi connectivity index (χ2n) is 7.94. The number of esters is 1. The van der Waals surface area contributed by atoms with Crippen molar-refractivity contribution in [2.45, 2.75) is 12.3 Å². The van der Waals surface area contributed by atoms with E-state index in [-0.39, 0.29) is 17.9 Å². The molecule has 0 aliphatic carbocycles. The molecule has 34 heavy (non-hydrogen) atoms. The lowest BCUT2D eigenvalue weighted by Crippen LogP contribution is -2.21. The summed E-state index contributed by atoms with van der Waals surface area (Å²) in [6.07, 6.45) is 0.127. The Bertz CT molecular complexity index is 1500. The molecule has 0 radical (unpaired) electrons. The van der Waals surface area contributed by atoms with Crippen LogP contribution in [-0.2, 0) is 11.2 Å². The first-order valence-corrected chi connectivity index (χ1v) is 11.1. The largest absolute Gasteiger partial charge is 0.440 e.